The maximum Gasteiger partial charge on any atom is 0.263 e. The van der Waals surface area contributed by atoms with Crippen LogP contribution in [0.15, 0.2) is 47.5 Å². The largest absolute Gasteiger partial charge is 0.280 e. The summed E-state index contributed by atoms with van der Waals surface area (Å²) in [7, 11) is -3.82. The monoisotopic (exact) mass is 341 g/mol. The van der Waals surface area contributed by atoms with Crippen LogP contribution in [-0.4, -0.2) is 18.6 Å². The fourth-order valence-corrected chi connectivity index (χ4v) is 3.71. The molecule has 0 spiro atoms. The van der Waals surface area contributed by atoms with Gasteiger partial charge in [-0.05, 0) is 36.4 Å². The average molecular weight is 342 g/mol. The summed E-state index contributed by atoms with van der Waals surface area (Å²) in [4.78, 5) is -0.0682. The van der Waals surface area contributed by atoms with E-state index in [1.165, 1.54) is 18.2 Å². The lowest BCUT2D eigenvalue weighted by Gasteiger charge is -2.10. The minimum atomic E-state index is -3.82. The van der Waals surface area contributed by atoms with Gasteiger partial charge in [-0.1, -0.05) is 23.2 Å². The Hall–Kier alpha value is -1.76. The van der Waals surface area contributed by atoms with Crippen LogP contribution in [0.2, 0.25) is 10.0 Å². The van der Waals surface area contributed by atoms with Gasteiger partial charge in [0.15, 0.2) is 0 Å². The summed E-state index contributed by atoms with van der Waals surface area (Å²) in [6.45, 7) is 0. The molecule has 1 aromatic heterocycles. The van der Waals surface area contributed by atoms with E-state index in [9.17, 15) is 8.42 Å². The lowest BCUT2D eigenvalue weighted by molar-refractivity contribution is 0.601. The van der Waals surface area contributed by atoms with Crippen molar-refractivity contribution in [3.8, 4) is 0 Å². The van der Waals surface area contributed by atoms with Crippen LogP contribution in [0.1, 0.15) is 0 Å². The first-order chi connectivity index (χ1) is 9.95. The Morgan fingerprint density at radius 2 is 1.90 bits per heavy atom. The molecule has 3 rings (SSSR count). The summed E-state index contributed by atoms with van der Waals surface area (Å²) in [5.74, 6) is 0. The van der Waals surface area contributed by atoms with Crippen LogP contribution in [-0.2, 0) is 10.0 Å². The van der Waals surface area contributed by atoms with Crippen LogP contribution in [0.4, 0.5) is 5.69 Å². The molecule has 0 fully saturated rings. The first-order valence-corrected chi connectivity index (χ1v) is 8.11. The molecule has 0 aliphatic rings. The Kier molecular flexibility index (Phi) is 3.52. The number of benzene rings is 2. The van der Waals surface area contributed by atoms with E-state index >= 15 is 0 Å². The molecule has 5 nitrogen and oxygen atoms in total. The van der Waals surface area contributed by atoms with E-state index in [1.54, 1.807) is 24.4 Å². The van der Waals surface area contributed by atoms with Crippen LogP contribution in [0.3, 0.4) is 0 Å². The molecule has 0 aliphatic heterocycles. The number of halogens is 2. The van der Waals surface area contributed by atoms with Gasteiger partial charge < -0.3 is 0 Å². The fraction of sp³-hybridized carbons (Fsp3) is 0. The molecule has 0 saturated heterocycles. The first kappa shape index (κ1) is 14.2. The third-order valence-corrected chi connectivity index (χ3v) is 4.97. The van der Waals surface area contributed by atoms with Crippen molar-refractivity contribution in [2.45, 2.75) is 4.90 Å². The number of hydrogen-bond donors (Lipinski definition) is 2. The molecule has 3 aromatic rings. The molecule has 0 bridgehead atoms. The second kappa shape index (κ2) is 5.22. The van der Waals surface area contributed by atoms with E-state index in [0.717, 1.165) is 10.9 Å². The number of aromatic amines is 1. The molecule has 2 N–H and O–H groups in total. The highest BCUT2D eigenvalue weighted by atomic mass is 35.5. The van der Waals surface area contributed by atoms with Crippen molar-refractivity contribution in [1.82, 2.24) is 10.2 Å². The number of anilines is 1. The minimum Gasteiger partial charge on any atom is -0.280 e. The lowest BCUT2D eigenvalue weighted by Crippen LogP contribution is -2.13. The Bertz CT molecular complexity index is 922. The van der Waals surface area contributed by atoms with Gasteiger partial charge in [-0.25, -0.2) is 8.42 Å². The third-order valence-electron chi connectivity index (χ3n) is 2.88. The van der Waals surface area contributed by atoms with Gasteiger partial charge in [0.1, 0.15) is 4.90 Å². The number of rotatable bonds is 3. The molecule has 0 unspecified atom stereocenters. The van der Waals surface area contributed by atoms with Crippen LogP contribution in [0.25, 0.3) is 10.9 Å². The molecule has 0 amide bonds. The van der Waals surface area contributed by atoms with E-state index in [-0.39, 0.29) is 9.92 Å². The zero-order valence-corrected chi connectivity index (χ0v) is 12.8. The first-order valence-electron chi connectivity index (χ1n) is 5.87. The zero-order chi connectivity index (χ0) is 15.0. The summed E-state index contributed by atoms with van der Waals surface area (Å²) >= 11 is 11.8. The second-order valence-corrected chi connectivity index (χ2v) is 6.85. The molecule has 0 aliphatic carbocycles. The maximum atomic E-state index is 12.4. The maximum absolute atomic E-state index is 12.4. The number of nitrogens with zero attached hydrogens (tertiary/aromatic N) is 1. The van der Waals surface area contributed by atoms with Crippen molar-refractivity contribution < 1.29 is 8.42 Å². The van der Waals surface area contributed by atoms with Gasteiger partial charge in [-0.3, -0.25) is 9.82 Å². The molecule has 1 heterocycles. The van der Waals surface area contributed by atoms with Gasteiger partial charge in [0, 0.05) is 10.4 Å². The number of nitrogens with one attached hydrogen (secondary N) is 2. The van der Waals surface area contributed by atoms with Crippen molar-refractivity contribution in [3.63, 3.8) is 0 Å². The quantitative estimate of drug-likeness (QED) is 0.763. The Morgan fingerprint density at radius 3 is 2.71 bits per heavy atom. The molecule has 8 heteroatoms. The SMILES string of the molecule is O=S(=O)(Nc1ccc2cn[nH]c2c1)c1cc(Cl)ccc1Cl. The standard InChI is InChI=1S/C13H9Cl2N3O2S/c14-9-2-4-11(15)13(5-9)21(19,20)18-10-3-1-8-7-16-17-12(8)6-10/h1-7,18H,(H,16,17). The molecule has 21 heavy (non-hydrogen) atoms. The molecule has 0 saturated carbocycles. The number of H-pyrrole nitrogens is 1. The highest BCUT2D eigenvalue weighted by Crippen LogP contribution is 2.27. The van der Waals surface area contributed by atoms with E-state index in [1.807, 2.05) is 0 Å². The Labute approximate surface area is 130 Å². The number of sulfonamides is 1. The van der Waals surface area contributed by atoms with Gasteiger partial charge in [0.05, 0.1) is 22.4 Å². The average Bonchev–Trinajstić information content (AvgIpc) is 2.88. The molecule has 0 radical (unpaired) electrons. The smallest absolute Gasteiger partial charge is 0.263 e. The van der Waals surface area contributed by atoms with Crippen LogP contribution in [0, 0.1) is 0 Å². The molecular weight excluding hydrogens is 333 g/mol. The van der Waals surface area contributed by atoms with Crippen molar-refractivity contribution in [1.29, 1.82) is 0 Å². The normalized spacial score (nSPS) is 11.7. The topological polar surface area (TPSA) is 74.8 Å². The Morgan fingerprint density at radius 1 is 1.10 bits per heavy atom. The van der Waals surface area contributed by atoms with E-state index < -0.39 is 10.0 Å². The van der Waals surface area contributed by atoms with Gasteiger partial charge in [0.25, 0.3) is 10.0 Å². The molecule has 108 valence electrons. The van der Waals surface area contributed by atoms with Crippen molar-refractivity contribution >= 4 is 49.8 Å². The fourth-order valence-electron chi connectivity index (χ4n) is 1.89. The lowest BCUT2D eigenvalue weighted by atomic mass is 10.2. The van der Waals surface area contributed by atoms with Gasteiger partial charge >= 0.3 is 0 Å². The molecular formula is C13H9Cl2N3O2S. The van der Waals surface area contributed by atoms with Crippen molar-refractivity contribution in [2.75, 3.05) is 4.72 Å². The van der Waals surface area contributed by atoms with Crippen LogP contribution < -0.4 is 4.72 Å². The van der Waals surface area contributed by atoms with Gasteiger partial charge in [0.2, 0.25) is 0 Å². The van der Waals surface area contributed by atoms with Gasteiger partial charge in [-0.15, -0.1) is 0 Å². The highest BCUT2D eigenvalue weighted by molar-refractivity contribution is 7.92. The van der Waals surface area contributed by atoms with Crippen LogP contribution in [0.5, 0.6) is 0 Å². The third kappa shape index (κ3) is 2.83. The Balaban J connectivity index is 2.00. The number of fused-ring (bicyclic) bond motifs is 1. The zero-order valence-electron chi connectivity index (χ0n) is 10.5. The minimum absolute atomic E-state index is 0.0682. The summed E-state index contributed by atoms with van der Waals surface area (Å²) in [5, 5.41) is 7.94. The van der Waals surface area contributed by atoms with Crippen molar-refractivity contribution in [2.24, 2.45) is 0 Å². The summed E-state index contributed by atoms with van der Waals surface area (Å²) in [5.41, 5.74) is 1.13. The summed E-state index contributed by atoms with van der Waals surface area (Å²) in [6, 6.07) is 9.33. The van der Waals surface area contributed by atoms with E-state index in [2.05, 4.69) is 14.9 Å². The van der Waals surface area contributed by atoms with Crippen LogP contribution >= 0.6 is 23.2 Å². The summed E-state index contributed by atoms with van der Waals surface area (Å²) < 4.78 is 27.2. The van der Waals surface area contributed by atoms with Gasteiger partial charge in [-0.2, -0.15) is 5.10 Å². The molecule has 0 atom stereocenters. The molecule has 2 aromatic carbocycles. The van der Waals surface area contributed by atoms with E-state index in [0.29, 0.717) is 10.7 Å². The predicted octanol–water partition coefficient (Wildman–Crippen LogP) is 3.67. The summed E-state index contributed by atoms with van der Waals surface area (Å²) in [6.07, 6.45) is 1.65. The number of aromatic nitrogens is 2. The van der Waals surface area contributed by atoms with Crippen molar-refractivity contribution in [3.05, 3.63) is 52.6 Å². The highest BCUT2D eigenvalue weighted by Gasteiger charge is 2.18. The predicted molar refractivity (Wildman–Crippen MR) is 83.4 cm³/mol. The van der Waals surface area contributed by atoms with E-state index in [4.69, 9.17) is 23.2 Å². The second-order valence-electron chi connectivity index (χ2n) is 4.35. The number of hydrogen-bond acceptors (Lipinski definition) is 3.